The summed E-state index contributed by atoms with van der Waals surface area (Å²) in [6, 6.07) is 2.24. The summed E-state index contributed by atoms with van der Waals surface area (Å²) in [4.78, 5) is 4.67. The Morgan fingerprint density at radius 3 is 2.84 bits per heavy atom. The normalized spacial score (nSPS) is 17.6. The predicted molar refractivity (Wildman–Crippen MR) is 75.7 cm³/mol. The average Bonchev–Trinajstić information content (AvgIpc) is 2.75. The molecule has 104 valence electrons. The van der Waals surface area contributed by atoms with E-state index in [0.717, 1.165) is 38.1 Å². The maximum absolute atomic E-state index is 9.09. The molecule has 0 saturated heterocycles. The molecule has 1 unspecified atom stereocenters. The highest BCUT2D eigenvalue weighted by atomic mass is 15.1. The monoisotopic (exact) mass is 260 g/mol. The number of aromatic nitrogens is 2. The second-order valence-electron chi connectivity index (χ2n) is 5.64. The van der Waals surface area contributed by atoms with Crippen molar-refractivity contribution in [3.05, 3.63) is 17.2 Å². The van der Waals surface area contributed by atoms with Gasteiger partial charge in [-0.1, -0.05) is 6.92 Å². The van der Waals surface area contributed by atoms with E-state index < -0.39 is 5.54 Å². The van der Waals surface area contributed by atoms with E-state index in [0.29, 0.717) is 6.42 Å². The smallest absolute Gasteiger partial charge is 0.106 e. The zero-order valence-electron chi connectivity index (χ0n) is 12.1. The number of nitrogens with zero attached hydrogens (tertiary/aromatic N) is 3. The van der Waals surface area contributed by atoms with E-state index in [1.807, 2.05) is 6.92 Å². The lowest BCUT2D eigenvalue weighted by atomic mass is 9.93. The van der Waals surface area contributed by atoms with E-state index in [4.69, 9.17) is 11.0 Å². The lowest BCUT2D eigenvalue weighted by molar-refractivity contribution is 0.438. The van der Waals surface area contributed by atoms with Crippen molar-refractivity contribution >= 4 is 0 Å². The van der Waals surface area contributed by atoms with Gasteiger partial charge in [0.25, 0.3) is 0 Å². The van der Waals surface area contributed by atoms with Gasteiger partial charge < -0.3 is 10.3 Å². The van der Waals surface area contributed by atoms with Gasteiger partial charge in [-0.15, -0.1) is 0 Å². The van der Waals surface area contributed by atoms with Crippen LogP contribution in [0.25, 0.3) is 0 Å². The lowest BCUT2D eigenvalue weighted by Gasteiger charge is -2.20. The number of hydrogen-bond acceptors (Lipinski definition) is 3. The summed E-state index contributed by atoms with van der Waals surface area (Å²) in [5, 5.41) is 9.09. The second kappa shape index (κ2) is 5.75. The van der Waals surface area contributed by atoms with Crippen LogP contribution in [0.4, 0.5) is 0 Å². The number of imidazole rings is 1. The molecule has 4 heteroatoms. The molecule has 2 N–H and O–H groups in total. The van der Waals surface area contributed by atoms with Gasteiger partial charge in [0.1, 0.15) is 11.4 Å². The molecule has 4 nitrogen and oxygen atoms in total. The fourth-order valence-corrected chi connectivity index (χ4v) is 2.90. The van der Waals surface area contributed by atoms with Crippen LogP contribution in [0, 0.1) is 18.3 Å². The van der Waals surface area contributed by atoms with Crippen LogP contribution in [0.1, 0.15) is 56.2 Å². The molecule has 2 rings (SSSR count). The lowest BCUT2D eigenvalue weighted by Crippen LogP contribution is -2.37. The van der Waals surface area contributed by atoms with E-state index in [1.54, 1.807) is 0 Å². The molecule has 0 spiro atoms. The molecule has 1 aromatic heterocycles. The molecule has 0 saturated carbocycles. The van der Waals surface area contributed by atoms with Gasteiger partial charge in [0.15, 0.2) is 0 Å². The molecule has 1 aromatic rings. The fraction of sp³-hybridized carbons (Fsp3) is 0.733. The number of rotatable bonds is 5. The standard InChI is InChI=1S/C15H24N4/c1-3-15(17,11-16)9-6-10-19-12(2)18-13-7-4-5-8-14(13)19/h3-10,17H2,1-2H3. The van der Waals surface area contributed by atoms with Crippen LogP contribution in [0.15, 0.2) is 0 Å². The minimum atomic E-state index is -0.658. The second-order valence-corrected chi connectivity index (χ2v) is 5.64. The zero-order valence-corrected chi connectivity index (χ0v) is 12.1. The average molecular weight is 260 g/mol. The van der Waals surface area contributed by atoms with Gasteiger partial charge in [0, 0.05) is 12.2 Å². The molecule has 0 bridgehead atoms. The molecule has 0 amide bonds. The fourth-order valence-electron chi connectivity index (χ4n) is 2.90. The van der Waals surface area contributed by atoms with Gasteiger partial charge in [0.05, 0.1) is 11.8 Å². The summed E-state index contributed by atoms with van der Waals surface area (Å²) in [7, 11) is 0. The van der Waals surface area contributed by atoms with Crippen LogP contribution in [0.3, 0.4) is 0 Å². The number of hydrogen-bond donors (Lipinski definition) is 1. The highest BCUT2D eigenvalue weighted by Crippen LogP contribution is 2.23. The maximum Gasteiger partial charge on any atom is 0.106 e. The van der Waals surface area contributed by atoms with Crippen molar-refractivity contribution in [1.29, 1.82) is 5.26 Å². The van der Waals surface area contributed by atoms with Crippen molar-refractivity contribution in [1.82, 2.24) is 9.55 Å². The highest BCUT2D eigenvalue weighted by Gasteiger charge is 2.22. The van der Waals surface area contributed by atoms with Gasteiger partial charge >= 0.3 is 0 Å². The summed E-state index contributed by atoms with van der Waals surface area (Å²) in [6.07, 6.45) is 7.22. The number of nitriles is 1. The molecule has 0 aromatic carbocycles. The molecule has 1 heterocycles. The molecule has 1 aliphatic rings. The summed E-state index contributed by atoms with van der Waals surface area (Å²) in [6.45, 7) is 5.00. The third-order valence-corrected chi connectivity index (χ3v) is 4.28. The van der Waals surface area contributed by atoms with E-state index >= 15 is 0 Å². The summed E-state index contributed by atoms with van der Waals surface area (Å²) >= 11 is 0. The van der Waals surface area contributed by atoms with Gasteiger partial charge in [-0.3, -0.25) is 0 Å². The first-order chi connectivity index (χ1) is 9.09. The third kappa shape index (κ3) is 2.98. The van der Waals surface area contributed by atoms with Gasteiger partial charge in [0.2, 0.25) is 0 Å². The molecule has 0 radical (unpaired) electrons. The van der Waals surface area contributed by atoms with E-state index in [9.17, 15) is 0 Å². The van der Waals surface area contributed by atoms with E-state index in [1.165, 1.54) is 24.2 Å². The molecule has 1 aliphatic carbocycles. The SMILES string of the molecule is CCC(N)(C#N)CCCn1c(C)nc2c1CCCC2. The van der Waals surface area contributed by atoms with Crippen molar-refractivity contribution in [2.24, 2.45) is 5.73 Å². The molecular weight excluding hydrogens is 236 g/mol. The minimum Gasteiger partial charge on any atom is -0.332 e. The first-order valence-electron chi connectivity index (χ1n) is 7.34. The Morgan fingerprint density at radius 2 is 2.16 bits per heavy atom. The zero-order chi connectivity index (χ0) is 13.9. The summed E-state index contributed by atoms with van der Waals surface area (Å²) in [5.74, 6) is 1.11. The first-order valence-corrected chi connectivity index (χ1v) is 7.34. The quantitative estimate of drug-likeness (QED) is 0.884. The van der Waals surface area contributed by atoms with Gasteiger partial charge in [-0.25, -0.2) is 4.98 Å². The van der Waals surface area contributed by atoms with Crippen molar-refractivity contribution < 1.29 is 0 Å². The largest absolute Gasteiger partial charge is 0.332 e. The maximum atomic E-state index is 9.09. The van der Waals surface area contributed by atoms with E-state index in [-0.39, 0.29) is 0 Å². The van der Waals surface area contributed by atoms with Crippen LogP contribution in [0.2, 0.25) is 0 Å². The number of fused-ring (bicyclic) bond motifs is 1. The van der Waals surface area contributed by atoms with Crippen molar-refractivity contribution in [3.8, 4) is 6.07 Å². The van der Waals surface area contributed by atoms with Crippen LogP contribution in [0.5, 0.6) is 0 Å². The predicted octanol–water partition coefficient (Wildman–Crippen LogP) is 2.48. The number of aryl methyl sites for hydroxylation is 2. The topological polar surface area (TPSA) is 67.6 Å². The molecule has 19 heavy (non-hydrogen) atoms. The number of nitrogens with two attached hydrogens (primary N) is 1. The molecule has 0 aliphatic heterocycles. The van der Waals surface area contributed by atoms with Crippen molar-refractivity contribution in [2.45, 2.75) is 70.9 Å². The van der Waals surface area contributed by atoms with Crippen molar-refractivity contribution in [2.75, 3.05) is 0 Å². The Morgan fingerprint density at radius 1 is 1.42 bits per heavy atom. The minimum absolute atomic E-state index is 0.658. The molecular formula is C15H24N4. The third-order valence-electron chi connectivity index (χ3n) is 4.28. The van der Waals surface area contributed by atoms with Gasteiger partial charge in [-0.05, 0) is 51.9 Å². The Bertz CT molecular complexity index is 483. The molecule has 0 fully saturated rings. The Hall–Kier alpha value is -1.34. The Labute approximate surface area is 115 Å². The summed E-state index contributed by atoms with van der Waals surface area (Å²) in [5.41, 5.74) is 8.07. The highest BCUT2D eigenvalue weighted by molar-refractivity contribution is 5.19. The van der Waals surface area contributed by atoms with Crippen LogP contribution < -0.4 is 5.73 Å². The first kappa shape index (κ1) is 14.1. The Balaban J connectivity index is 2.01. The van der Waals surface area contributed by atoms with Crippen molar-refractivity contribution in [3.63, 3.8) is 0 Å². The van der Waals surface area contributed by atoms with E-state index in [2.05, 4.69) is 22.5 Å². The summed E-state index contributed by atoms with van der Waals surface area (Å²) < 4.78 is 2.34. The van der Waals surface area contributed by atoms with Crippen LogP contribution in [-0.4, -0.2) is 15.1 Å². The van der Waals surface area contributed by atoms with Crippen LogP contribution >= 0.6 is 0 Å². The van der Waals surface area contributed by atoms with Gasteiger partial charge in [-0.2, -0.15) is 5.26 Å². The van der Waals surface area contributed by atoms with Crippen LogP contribution in [-0.2, 0) is 19.4 Å². The molecule has 1 atom stereocenters. The Kier molecular flexibility index (Phi) is 4.26.